The van der Waals surface area contributed by atoms with Gasteiger partial charge in [-0.3, -0.25) is 9.52 Å². The van der Waals surface area contributed by atoms with Gasteiger partial charge in [0.05, 0.1) is 17.6 Å². The first-order chi connectivity index (χ1) is 11.2. The van der Waals surface area contributed by atoms with E-state index < -0.39 is 10.0 Å². The molecule has 1 aliphatic rings. The molecule has 0 saturated carbocycles. The van der Waals surface area contributed by atoms with Crippen LogP contribution in [0.1, 0.15) is 31.7 Å². The van der Waals surface area contributed by atoms with Crippen LogP contribution in [0.4, 0.5) is 11.4 Å². The molecule has 2 rings (SSSR count). The SMILES string of the molecule is Cc1ccc(NS(C)(=O)=O)c(NC(=O)CC(C)C2CCCNC2)c1. The van der Waals surface area contributed by atoms with E-state index >= 15 is 0 Å². The Morgan fingerprint density at radius 2 is 2.12 bits per heavy atom. The second-order valence-electron chi connectivity index (χ2n) is 6.76. The Bertz CT molecular complexity index is 682. The lowest BCUT2D eigenvalue weighted by molar-refractivity contribution is -0.117. The highest BCUT2D eigenvalue weighted by Gasteiger charge is 2.22. The lowest BCUT2D eigenvalue weighted by atomic mass is 9.85. The molecule has 1 heterocycles. The van der Waals surface area contributed by atoms with Crippen molar-refractivity contribution in [1.82, 2.24) is 5.32 Å². The zero-order chi connectivity index (χ0) is 17.7. The highest BCUT2D eigenvalue weighted by atomic mass is 32.2. The molecule has 2 atom stereocenters. The molecule has 24 heavy (non-hydrogen) atoms. The molecule has 1 aliphatic heterocycles. The molecule has 0 aromatic heterocycles. The molecule has 3 N–H and O–H groups in total. The number of aryl methyl sites for hydroxylation is 1. The summed E-state index contributed by atoms with van der Waals surface area (Å²) in [5, 5.41) is 6.23. The van der Waals surface area contributed by atoms with Gasteiger partial charge in [-0.15, -0.1) is 0 Å². The summed E-state index contributed by atoms with van der Waals surface area (Å²) in [4.78, 5) is 12.4. The number of benzene rings is 1. The maximum absolute atomic E-state index is 12.4. The highest BCUT2D eigenvalue weighted by molar-refractivity contribution is 7.92. The fourth-order valence-corrected chi connectivity index (χ4v) is 3.65. The van der Waals surface area contributed by atoms with Gasteiger partial charge < -0.3 is 10.6 Å². The zero-order valence-electron chi connectivity index (χ0n) is 14.6. The number of amides is 1. The van der Waals surface area contributed by atoms with Gasteiger partial charge in [0.1, 0.15) is 0 Å². The minimum absolute atomic E-state index is 0.0878. The molecule has 1 saturated heterocycles. The van der Waals surface area contributed by atoms with Crippen LogP contribution in [0.25, 0.3) is 0 Å². The molecule has 0 aliphatic carbocycles. The Morgan fingerprint density at radius 1 is 1.38 bits per heavy atom. The van der Waals surface area contributed by atoms with Crippen molar-refractivity contribution in [3.63, 3.8) is 0 Å². The van der Waals surface area contributed by atoms with Crippen LogP contribution in [0.5, 0.6) is 0 Å². The smallest absolute Gasteiger partial charge is 0.229 e. The van der Waals surface area contributed by atoms with E-state index in [4.69, 9.17) is 0 Å². The van der Waals surface area contributed by atoms with Gasteiger partial charge >= 0.3 is 0 Å². The Hall–Kier alpha value is -1.60. The van der Waals surface area contributed by atoms with Crippen LogP contribution in [-0.2, 0) is 14.8 Å². The topological polar surface area (TPSA) is 87.3 Å². The molecule has 0 bridgehead atoms. The zero-order valence-corrected chi connectivity index (χ0v) is 15.4. The van der Waals surface area contributed by atoms with Gasteiger partial charge in [-0.1, -0.05) is 13.0 Å². The van der Waals surface area contributed by atoms with E-state index in [2.05, 4.69) is 22.3 Å². The van der Waals surface area contributed by atoms with Crippen molar-refractivity contribution in [3.05, 3.63) is 23.8 Å². The first kappa shape index (κ1) is 18.7. The summed E-state index contributed by atoms with van der Waals surface area (Å²) in [6.45, 7) is 6.01. The lowest BCUT2D eigenvalue weighted by Crippen LogP contribution is -2.34. The number of nitrogens with one attached hydrogen (secondary N) is 3. The van der Waals surface area contributed by atoms with E-state index in [1.165, 1.54) is 0 Å². The van der Waals surface area contributed by atoms with Crippen molar-refractivity contribution in [2.24, 2.45) is 11.8 Å². The van der Waals surface area contributed by atoms with Gasteiger partial charge in [-0.05, 0) is 62.4 Å². The number of hydrogen-bond acceptors (Lipinski definition) is 4. The number of rotatable bonds is 6. The Labute approximate surface area is 144 Å². The van der Waals surface area contributed by atoms with Gasteiger partial charge in [0.2, 0.25) is 15.9 Å². The standard InChI is InChI=1S/C17H27N3O3S/c1-12-6-7-15(20-24(3,22)23)16(9-12)19-17(21)10-13(2)14-5-4-8-18-11-14/h6-7,9,13-14,18,20H,4-5,8,10-11H2,1-3H3,(H,19,21). The summed E-state index contributed by atoms with van der Waals surface area (Å²) < 4.78 is 25.4. The van der Waals surface area contributed by atoms with E-state index in [0.717, 1.165) is 37.8 Å². The third kappa shape index (κ3) is 5.79. The molecular formula is C17H27N3O3S. The van der Waals surface area contributed by atoms with Crippen molar-refractivity contribution in [3.8, 4) is 0 Å². The first-order valence-electron chi connectivity index (χ1n) is 8.33. The third-order valence-electron chi connectivity index (χ3n) is 4.39. The average Bonchev–Trinajstić information content (AvgIpc) is 2.49. The molecule has 0 radical (unpaired) electrons. The molecule has 2 unspecified atom stereocenters. The van der Waals surface area contributed by atoms with E-state index in [1.807, 2.05) is 6.92 Å². The molecule has 134 valence electrons. The maximum atomic E-state index is 12.4. The summed E-state index contributed by atoms with van der Waals surface area (Å²) in [6.07, 6.45) is 3.82. The fraction of sp³-hybridized carbons (Fsp3) is 0.588. The highest BCUT2D eigenvalue weighted by Crippen LogP contribution is 2.26. The van der Waals surface area contributed by atoms with Crippen LogP contribution >= 0.6 is 0 Å². The summed E-state index contributed by atoms with van der Waals surface area (Å²) in [5.74, 6) is 0.708. The molecule has 1 aromatic rings. The van der Waals surface area contributed by atoms with Crippen molar-refractivity contribution >= 4 is 27.3 Å². The molecule has 6 nitrogen and oxygen atoms in total. The van der Waals surface area contributed by atoms with Gasteiger partial charge in [0, 0.05) is 6.42 Å². The summed E-state index contributed by atoms with van der Waals surface area (Å²) in [6, 6.07) is 5.25. The Kier molecular flexibility index (Phi) is 6.23. The van der Waals surface area contributed by atoms with Crippen LogP contribution in [0.3, 0.4) is 0 Å². The summed E-state index contributed by atoms with van der Waals surface area (Å²) in [5.41, 5.74) is 1.84. The monoisotopic (exact) mass is 353 g/mol. The van der Waals surface area contributed by atoms with Crippen molar-refractivity contribution in [1.29, 1.82) is 0 Å². The van der Waals surface area contributed by atoms with Gasteiger partial charge in [-0.2, -0.15) is 0 Å². The second kappa shape index (κ2) is 7.98. The number of carbonyl (C=O) groups is 1. The largest absolute Gasteiger partial charge is 0.324 e. The van der Waals surface area contributed by atoms with E-state index in [9.17, 15) is 13.2 Å². The second-order valence-corrected chi connectivity index (χ2v) is 8.51. The Balaban J connectivity index is 2.03. The minimum Gasteiger partial charge on any atom is -0.324 e. The molecule has 1 amide bonds. The quantitative estimate of drug-likeness (QED) is 0.732. The van der Waals surface area contributed by atoms with Crippen LogP contribution < -0.4 is 15.4 Å². The van der Waals surface area contributed by atoms with Crippen LogP contribution in [-0.4, -0.2) is 33.7 Å². The number of anilines is 2. The maximum Gasteiger partial charge on any atom is 0.229 e. The van der Waals surface area contributed by atoms with Crippen molar-refractivity contribution in [2.45, 2.75) is 33.1 Å². The normalized spacial score (nSPS) is 19.5. The average molecular weight is 353 g/mol. The molecule has 0 spiro atoms. The first-order valence-corrected chi connectivity index (χ1v) is 10.2. The summed E-state index contributed by atoms with van der Waals surface area (Å²) in [7, 11) is -3.40. The number of hydrogen-bond donors (Lipinski definition) is 3. The predicted molar refractivity (Wildman–Crippen MR) is 97.6 cm³/mol. The van der Waals surface area contributed by atoms with Crippen molar-refractivity contribution < 1.29 is 13.2 Å². The summed E-state index contributed by atoms with van der Waals surface area (Å²) >= 11 is 0. The number of piperidine rings is 1. The van der Waals surface area contributed by atoms with Gasteiger partial charge in [0.15, 0.2) is 0 Å². The molecule has 1 aromatic carbocycles. The number of carbonyl (C=O) groups excluding carboxylic acids is 1. The number of sulfonamides is 1. The van der Waals surface area contributed by atoms with E-state index in [1.54, 1.807) is 18.2 Å². The van der Waals surface area contributed by atoms with Crippen LogP contribution in [0, 0.1) is 18.8 Å². The van der Waals surface area contributed by atoms with Crippen LogP contribution in [0.15, 0.2) is 18.2 Å². The Morgan fingerprint density at radius 3 is 2.75 bits per heavy atom. The van der Waals surface area contributed by atoms with Gasteiger partial charge in [0.25, 0.3) is 0 Å². The molecule has 7 heteroatoms. The molecular weight excluding hydrogens is 326 g/mol. The minimum atomic E-state index is -3.40. The predicted octanol–water partition coefficient (Wildman–Crippen LogP) is 2.33. The molecule has 1 fully saturated rings. The van der Waals surface area contributed by atoms with E-state index in [0.29, 0.717) is 23.7 Å². The fourth-order valence-electron chi connectivity index (χ4n) is 3.08. The lowest BCUT2D eigenvalue weighted by Gasteiger charge is -2.28. The third-order valence-corrected chi connectivity index (χ3v) is 4.98. The van der Waals surface area contributed by atoms with E-state index in [-0.39, 0.29) is 11.8 Å². The van der Waals surface area contributed by atoms with Crippen LogP contribution in [0.2, 0.25) is 0 Å². The van der Waals surface area contributed by atoms with Gasteiger partial charge in [-0.25, -0.2) is 8.42 Å². The van der Waals surface area contributed by atoms with Crippen molar-refractivity contribution in [2.75, 3.05) is 29.4 Å².